The third kappa shape index (κ3) is 4.53. The van der Waals surface area contributed by atoms with Crippen LogP contribution in [0.3, 0.4) is 0 Å². The van der Waals surface area contributed by atoms with E-state index in [1.807, 2.05) is 39.0 Å². The van der Waals surface area contributed by atoms with E-state index in [0.717, 1.165) is 12.1 Å². The number of nitrogens with zero attached hydrogens (tertiary/aromatic N) is 1. The zero-order valence-corrected chi connectivity index (χ0v) is 12.1. The van der Waals surface area contributed by atoms with Crippen molar-refractivity contribution >= 4 is 11.9 Å². The lowest BCUT2D eigenvalue weighted by atomic mass is 9.98. The number of hydrogen-bond donors (Lipinski definition) is 3. The summed E-state index contributed by atoms with van der Waals surface area (Å²) in [6, 6.07) is 3.95. The lowest BCUT2D eigenvalue weighted by molar-refractivity contribution is -0.124. The molecule has 20 heavy (non-hydrogen) atoms. The number of nitrogens with one attached hydrogen (secondary N) is 2. The first-order valence-electron chi connectivity index (χ1n) is 6.73. The summed E-state index contributed by atoms with van der Waals surface area (Å²) in [5.74, 6) is -0.255. The molecule has 6 nitrogen and oxygen atoms in total. The summed E-state index contributed by atoms with van der Waals surface area (Å²) in [6.07, 6.45) is 2.43. The van der Waals surface area contributed by atoms with Crippen molar-refractivity contribution in [2.45, 2.75) is 39.3 Å². The fourth-order valence-electron chi connectivity index (χ4n) is 1.86. The van der Waals surface area contributed by atoms with Gasteiger partial charge in [-0.2, -0.15) is 0 Å². The highest BCUT2D eigenvalue weighted by molar-refractivity contribution is 5.87. The molecule has 0 saturated heterocycles. The molecule has 1 aromatic rings. The van der Waals surface area contributed by atoms with Crippen molar-refractivity contribution in [3.63, 3.8) is 0 Å². The summed E-state index contributed by atoms with van der Waals surface area (Å²) in [4.78, 5) is 27.5. The summed E-state index contributed by atoms with van der Waals surface area (Å²) >= 11 is 0. The zero-order chi connectivity index (χ0) is 15.1. The quantitative estimate of drug-likeness (QED) is 0.732. The number of aromatic nitrogens is 1. The molecule has 3 atom stereocenters. The van der Waals surface area contributed by atoms with Crippen LogP contribution in [0.4, 0.5) is 4.79 Å². The van der Waals surface area contributed by atoms with Crippen LogP contribution in [-0.4, -0.2) is 23.0 Å². The molecule has 0 radical (unpaired) electrons. The highest BCUT2D eigenvalue weighted by atomic mass is 16.2. The second-order valence-electron chi connectivity index (χ2n) is 4.86. The van der Waals surface area contributed by atoms with Crippen molar-refractivity contribution in [1.82, 2.24) is 15.6 Å². The lowest BCUT2D eigenvalue weighted by Crippen LogP contribution is -2.52. The predicted octanol–water partition coefficient (Wildman–Crippen LogP) is 1.34. The maximum absolute atomic E-state index is 12.3. The molecule has 3 amide bonds. The van der Waals surface area contributed by atoms with Crippen LogP contribution in [0, 0.1) is 5.92 Å². The highest BCUT2D eigenvalue weighted by Gasteiger charge is 2.26. The Bertz CT molecular complexity index is 450. The Kier molecular flexibility index (Phi) is 5.96. The predicted molar refractivity (Wildman–Crippen MR) is 76.8 cm³/mol. The second kappa shape index (κ2) is 7.47. The van der Waals surface area contributed by atoms with Gasteiger partial charge < -0.3 is 16.4 Å². The van der Waals surface area contributed by atoms with Crippen molar-refractivity contribution < 1.29 is 9.59 Å². The minimum Gasteiger partial charge on any atom is -0.352 e. The molecule has 4 N–H and O–H groups in total. The van der Waals surface area contributed by atoms with Gasteiger partial charge in [0.05, 0.1) is 11.7 Å². The molecule has 110 valence electrons. The van der Waals surface area contributed by atoms with E-state index in [1.165, 1.54) is 0 Å². The number of nitrogens with two attached hydrogens (primary N) is 1. The van der Waals surface area contributed by atoms with E-state index in [0.29, 0.717) is 0 Å². The third-order valence-electron chi connectivity index (χ3n) is 3.28. The smallest absolute Gasteiger partial charge is 0.312 e. The lowest BCUT2D eigenvalue weighted by Gasteiger charge is -2.24. The minimum absolute atomic E-state index is 0.00145. The standard InChI is InChI=1S/C14H22N4O2/c1-4-9(2)12(18-14(15)20)13(19)17-10(3)11-7-5-6-8-16-11/h5-10,12H,4H2,1-3H3,(H,17,19)(H3,15,18,20). The first kappa shape index (κ1) is 15.9. The molecule has 3 unspecified atom stereocenters. The van der Waals surface area contributed by atoms with Crippen LogP contribution in [-0.2, 0) is 4.79 Å². The molecule has 0 aliphatic heterocycles. The van der Waals surface area contributed by atoms with Crippen LogP contribution in [0.5, 0.6) is 0 Å². The summed E-state index contributed by atoms with van der Waals surface area (Å²) in [6.45, 7) is 5.69. The van der Waals surface area contributed by atoms with Crippen LogP contribution >= 0.6 is 0 Å². The Hall–Kier alpha value is -2.11. The molecule has 0 aliphatic rings. The van der Waals surface area contributed by atoms with E-state index in [2.05, 4.69) is 15.6 Å². The van der Waals surface area contributed by atoms with Gasteiger partial charge in [-0.3, -0.25) is 9.78 Å². The first-order chi connectivity index (χ1) is 9.45. The summed E-state index contributed by atoms with van der Waals surface area (Å²) in [5, 5.41) is 5.34. The molecule has 6 heteroatoms. The van der Waals surface area contributed by atoms with E-state index in [9.17, 15) is 9.59 Å². The molecule has 0 bridgehead atoms. The van der Waals surface area contributed by atoms with Gasteiger partial charge in [-0.25, -0.2) is 4.79 Å². The first-order valence-corrected chi connectivity index (χ1v) is 6.73. The number of carbonyl (C=O) groups excluding carboxylic acids is 2. The molecule has 0 aromatic carbocycles. The van der Waals surface area contributed by atoms with Gasteiger partial charge in [-0.05, 0) is 25.0 Å². The van der Waals surface area contributed by atoms with E-state index in [4.69, 9.17) is 5.73 Å². The van der Waals surface area contributed by atoms with Gasteiger partial charge in [-0.1, -0.05) is 26.3 Å². The van der Waals surface area contributed by atoms with E-state index >= 15 is 0 Å². The summed E-state index contributed by atoms with van der Waals surface area (Å²) < 4.78 is 0. The maximum Gasteiger partial charge on any atom is 0.312 e. The number of pyridine rings is 1. The molecular formula is C14H22N4O2. The highest BCUT2D eigenvalue weighted by Crippen LogP contribution is 2.12. The number of amides is 3. The largest absolute Gasteiger partial charge is 0.352 e. The van der Waals surface area contributed by atoms with Gasteiger partial charge in [0, 0.05) is 6.20 Å². The fourth-order valence-corrected chi connectivity index (χ4v) is 1.86. The van der Waals surface area contributed by atoms with Gasteiger partial charge in [-0.15, -0.1) is 0 Å². The third-order valence-corrected chi connectivity index (χ3v) is 3.28. The topological polar surface area (TPSA) is 97.1 Å². The number of hydrogen-bond acceptors (Lipinski definition) is 3. The Morgan fingerprint density at radius 3 is 2.50 bits per heavy atom. The molecular weight excluding hydrogens is 256 g/mol. The van der Waals surface area contributed by atoms with E-state index < -0.39 is 12.1 Å². The monoisotopic (exact) mass is 278 g/mol. The van der Waals surface area contributed by atoms with Crippen LogP contribution in [0.1, 0.15) is 38.9 Å². The Labute approximate surface area is 119 Å². The molecule has 0 spiro atoms. The van der Waals surface area contributed by atoms with Crippen LogP contribution in [0.2, 0.25) is 0 Å². The van der Waals surface area contributed by atoms with Gasteiger partial charge in [0.15, 0.2) is 0 Å². The number of rotatable bonds is 6. The fraction of sp³-hybridized carbons (Fsp3) is 0.500. The van der Waals surface area contributed by atoms with Crippen LogP contribution in [0.15, 0.2) is 24.4 Å². The van der Waals surface area contributed by atoms with Crippen LogP contribution < -0.4 is 16.4 Å². The molecule has 0 fully saturated rings. The SMILES string of the molecule is CCC(C)C(NC(N)=O)C(=O)NC(C)c1ccccn1. The van der Waals surface area contributed by atoms with Crippen molar-refractivity contribution in [2.24, 2.45) is 11.7 Å². The van der Waals surface area contributed by atoms with Gasteiger partial charge in [0.2, 0.25) is 5.91 Å². The average molecular weight is 278 g/mol. The molecule has 1 aromatic heterocycles. The van der Waals surface area contributed by atoms with E-state index in [1.54, 1.807) is 6.20 Å². The zero-order valence-electron chi connectivity index (χ0n) is 12.1. The van der Waals surface area contributed by atoms with Crippen LogP contribution in [0.25, 0.3) is 0 Å². The molecule has 0 saturated carbocycles. The van der Waals surface area contributed by atoms with Crippen molar-refractivity contribution in [2.75, 3.05) is 0 Å². The normalized spacial score (nSPS) is 14.9. The van der Waals surface area contributed by atoms with Crippen molar-refractivity contribution in [3.8, 4) is 0 Å². The van der Waals surface area contributed by atoms with Gasteiger partial charge >= 0.3 is 6.03 Å². The molecule has 1 rings (SSSR count). The number of urea groups is 1. The molecule has 0 aliphatic carbocycles. The number of carbonyl (C=O) groups is 2. The van der Waals surface area contributed by atoms with Crippen molar-refractivity contribution in [3.05, 3.63) is 30.1 Å². The van der Waals surface area contributed by atoms with E-state index in [-0.39, 0.29) is 17.9 Å². The number of primary amides is 1. The molecule has 1 heterocycles. The van der Waals surface area contributed by atoms with Gasteiger partial charge in [0.25, 0.3) is 0 Å². The minimum atomic E-state index is -0.698. The maximum atomic E-state index is 12.3. The van der Waals surface area contributed by atoms with Crippen molar-refractivity contribution in [1.29, 1.82) is 0 Å². The Morgan fingerprint density at radius 2 is 2.00 bits per heavy atom. The van der Waals surface area contributed by atoms with Gasteiger partial charge in [0.1, 0.15) is 6.04 Å². The summed E-state index contributed by atoms with van der Waals surface area (Å²) in [5.41, 5.74) is 5.89. The summed E-state index contributed by atoms with van der Waals surface area (Å²) in [7, 11) is 0. The Morgan fingerprint density at radius 1 is 1.30 bits per heavy atom. The average Bonchev–Trinajstić information content (AvgIpc) is 2.44. The second-order valence-corrected chi connectivity index (χ2v) is 4.86. The Balaban J connectivity index is 2.73.